The second-order valence-electron chi connectivity index (χ2n) is 6.37. The molecular weight excluding hydrogens is 248 g/mol. The summed E-state index contributed by atoms with van der Waals surface area (Å²) in [5, 5.41) is 6.60. The van der Waals surface area contributed by atoms with Gasteiger partial charge in [0, 0.05) is 6.54 Å². The van der Waals surface area contributed by atoms with Gasteiger partial charge in [-0.3, -0.25) is 4.79 Å². The Hall–Kier alpha value is -1.35. The molecule has 20 heavy (non-hydrogen) atoms. The Labute approximate surface area is 121 Å². The molecule has 0 spiro atoms. The van der Waals surface area contributed by atoms with E-state index in [-0.39, 0.29) is 11.3 Å². The van der Waals surface area contributed by atoms with Crippen molar-refractivity contribution in [2.45, 2.75) is 32.1 Å². The van der Waals surface area contributed by atoms with Crippen LogP contribution in [0.2, 0.25) is 0 Å². The molecule has 1 aliphatic heterocycles. The normalized spacial score (nSPS) is 24.1. The molecule has 1 heterocycles. The minimum absolute atomic E-state index is 0.108. The number of hydrogen-bond acceptors (Lipinski definition) is 2. The van der Waals surface area contributed by atoms with Crippen molar-refractivity contribution in [3.05, 3.63) is 35.9 Å². The van der Waals surface area contributed by atoms with Crippen LogP contribution in [0.1, 0.15) is 31.2 Å². The maximum Gasteiger partial charge on any atom is 0.226 e. The zero-order valence-corrected chi connectivity index (χ0v) is 12.0. The Morgan fingerprint density at radius 3 is 2.75 bits per heavy atom. The van der Waals surface area contributed by atoms with Gasteiger partial charge in [0.05, 0.1) is 5.41 Å². The van der Waals surface area contributed by atoms with Crippen LogP contribution in [0, 0.1) is 11.3 Å². The molecule has 0 aromatic heterocycles. The molecule has 3 heteroatoms. The van der Waals surface area contributed by atoms with Gasteiger partial charge in [-0.25, -0.2) is 0 Å². The number of rotatable bonds is 5. The second kappa shape index (κ2) is 5.96. The van der Waals surface area contributed by atoms with Gasteiger partial charge in [0.15, 0.2) is 0 Å². The zero-order chi connectivity index (χ0) is 13.8. The molecular formula is C17H24N2O. The van der Waals surface area contributed by atoms with Gasteiger partial charge in [-0.2, -0.15) is 0 Å². The number of nitrogens with one attached hydrogen (secondary N) is 2. The molecule has 1 aromatic rings. The van der Waals surface area contributed by atoms with Gasteiger partial charge < -0.3 is 10.6 Å². The lowest BCUT2D eigenvalue weighted by Crippen LogP contribution is -2.41. The average molecular weight is 272 g/mol. The summed E-state index contributed by atoms with van der Waals surface area (Å²) in [4.78, 5) is 12.4. The van der Waals surface area contributed by atoms with Gasteiger partial charge in [-0.05, 0) is 56.7 Å². The summed E-state index contributed by atoms with van der Waals surface area (Å²) < 4.78 is 0. The molecule has 1 atom stereocenters. The van der Waals surface area contributed by atoms with Gasteiger partial charge in [0.25, 0.3) is 0 Å². The molecule has 2 N–H and O–H groups in total. The maximum absolute atomic E-state index is 12.4. The number of amides is 1. The molecule has 1 saturated heterocycles. The molecule has 1 aromatic carbocycles. The minimum Gasteiger partial charge on any atom is -0.355 e. The van der Waals surface area contributed by atoms with Crippen molar-refractivity contribution in [1.29, 1.82) is 0 Å². The number of hydrogen-bond donors (Lipinski definition) is 2. The molecule has 1 aliphatic carbocycles. The van der Waals surface area contributed by atoms with E-state index in [1.54, 1.807) is 0 Å². The first-order chi connectivity index (χ1) is 9.78. The first kappa shape index (κ1) is 13.6. The van der Waals surface area contributed by atoms with Crippen LogP contribution < -0.4 is 10.6 Å². The fraction of sp³-hybridized carbons (Fsp3) is 0.588. The first-order valence-electron chi connectivity index (χ1n) is 7.81. The summed E-state index contributed by atoms with van der Waals surface area (Å²) in [6, 6.07) is 10.4. The summed E-state index contributed by atoms with van der Waals surface area (Å²) in [5.74, 6) is 0.882. The molecule has 3 rings (SSSR count). The van der Waals surface area contributed by atoms with Gasteiger partial charge in [0.1, 0.15) is 0 Å². The van der Waals surface area contributed by atoms with Gasteiger partial charge in [-0.1, -0.05) is 30.3 Å². The fourth-order valence-electron chi connectivity index (χ4n) is 3.14. The quantitative estimate of drug-likeness (QED) is 0.862. The summed E-state index contributed by atoms with van der Waals surface area (Å²) in [5.41, 5.74) is 1.17. The van der Waals surface area contributed by atoms with Crippen LogP contribution in [0.15, 0.2) is 30.3 Å². The van der Waals surface area contributed by atoms with E-state index in [0.717, 1.165) is 38.9 Å². The van der Waals surface area contributed by atoms with Crippen molar-refractivity contribution in [3.8, 4) is 0 Å². The maximum atomic E-state index is 12.4. The standard InChI is InChI=1S/C17H24N2O/c20-16(19-13-15-7-4-10-18-12-15)17(8-9-17)11-14-5-2-1-3-6-14/h1-3,5-6,15,18H,4,7-13H2,(H,19,20). The molecule has 1 saturated carbocycles. The highest BCUT2D eigenvalue weighted by molar-refractivity contribution is 5.85. The third-order valence-corrected chi connectivity index (χ3v) is 4.67. The number of benzene rings is 1. The van der Waals surface area contributed by atoms with Crippen molar-refractivity contribution < 1.29 is 4.79 Å². The lowest BCUT2D eigenvalue weighted by Gasteiger charge is -2.24. The molecule has 3 nitrogen and oxygen atoms in total. The van der Waals surface area contributed by atoms with Crippen LogP contribution in [0.25, 0.3) is 0 Å². The van der Waals surface area contributed by atoms with Crippen molar-refractivity contribution in [1.82, 2.24) is 10.6 Å². The molecule has 0 bridgehead atoms. The van der Waals surface area contributed by atoms with Crippen LogP contribution in [0.5, 0.6) is 0 Å². The molecule has 2 aliphatic rings. The summed E-state index contributed by atoms with van der Waals surface area (Å²) in [7, 11) is 0. The van der Waals surface area contributed by atoms with E-state index in [1.165, 1.54) is 18.4 Å². The Morgan fingerprint density at radius 1 is 1.30 bits per heavy atom. The number of carbonyl (C=O) groups is 1. The molecule has 1 unspecified atom stereocenters. The van der Waals surface area contributed by atoms with Crippen LogP contribution in [0.4, 0.5) is 0 Å². The fourth-order valence-corrected chi connectivity index (χ4v) is 3.14. The minimum atomic E-state index is -0.108. The highest BCUT2D eigenvalue weighted by atomic mass is 16.2. The largest absolute Gasteiger partial charge is 0.355 e. The van der Waals surface area contributed by atoms with Crippen molar-refractivity contribution >= 4 is 5.91 Å². The van der Waals surface area contributed by atoms with E-state index < -0.39 is 0 Å². The molecule has 108 valence electrons. The van der Waals surface area contributed by atoms with Crippen LogP contribution in [-0.2, 0) is 11.2 Å². The SMILES string of the molecule is O=C(NCC1CCCNC1)C1(Cc2ccccc2)CC1. The van der Waals surface area contributed by atoms with Gasteiger partial charge >= 0.3 is 0 Å². The van der Waals surface area contributed by atoms with Gasteiger partial charge in [0.2, 0.25) is 5.91 Å². The molecule has 0 radical (unpaired) electrons. The summed E-state index contributed by atoms with van der Waals surface area (Å²) >= 11 is 0. The predicted molar refractivity (Wildman–Crippen MR) is 80.4 cm³/mol. The van der Waals surface area contributed by atoms with E-state index in [2.05, 4.69) is 34.9 Å². The Balaban J connectivity index is 1.51. The lowest BCUT2D eigenvalue weighted by atomic mass is 9.94. The predicted octanol–water partition coefficient (Wildman–Crippen LogP) is 2.13. The average Bonchev–Trinajstić information content (AvgIpc) is 3.28. The van der Waals surface area contributed by atoms with E-state index >= 15 is 0 Å². The van der Waals surface area contributed by atoms with E-state index in [1.807, 2.05) is 6.07 Å². The Kier molecular flexibility index (Phi) is 4.06. The summed E-state index contributed by atoms with van der Waals surface area (Å²) in [6.07, 6.45) is 5.44. The molecule has 2 fully saturated rings. The van der Waals surface area contributed by atoms with Crippen LogP contribution in [-0.4, -0.2) is 25.5 Å². The van der Waals surface area contributed by atoms with E-state index in [9.17, 15) is 4.79 Å². The summed E-state index contributed by atoms with van der Waals surface area (Å²) in [6.45, 7) is 3.01. The van der Waals surface area contributed by atoms with Crippen LogP contribution >= 0.6 is 0 Å². The van der Waals surface area contributed by atoms with Crippen molar-refractivity contribution in [2.24, 2.45) is 11.3 Å². The van der Waals surface area contributed by atoms with Gasteiger partial charge in [-0.15, -0.1) is 0 Å². The topological polar surface area (TPSA) is 41.1 Å². The van der Waals surface area contributed by atoms with E-state index in [4.69, 9.17) is 0 Å². The Morgan fingerprint density at radius 2 is 2.10 bits per heavy atom. The second-order valence-corrected chi connectivity index (χ2v) is 6.37. The Bertz CT molecular complexity index is 447. The molecule has 1 amide bonds. The smallest absolute Gasteiger partial charge is 0.226 e. The van der Waals surface area contributed by atoms with Crippen molar-refractivity contribution in [3.63, 3.8) is 0 Å². The zero-order valence-electron chi connectivity index (χ0n) is 12.0. The number of piperidine rings is 1. The lowest BCUT2D eigenvalue weighted by molar-refractivity contribution is -0.126. The monoisotopic (exact) mass is 272 g/mol. The van der Waals surface area contributed by atoms with Crippen molar-refractivity contribution in [2.75, 3.05) is 19.6 Å². The number of carbonyl (C=O) groups excluding carboxylic acids is 1. The third kappa shape index (κ3) is 3.21. The third-order valence-electron chi connectivity index (χ3n) is 4.67. The van der Waals surface area contributed by atoms with Crippen LogP contribution in [0.3, 0.4) is 0 Å². The highest BCUT2D eigenvalue weighted by Crippen LogP contribution is 2.48. The first-order valence-corrected chi connectivity index (χ1v) is 7.81. The highest BCUT2D eigenvalue weighted by Gasteiger charge is 2.49. The van der Waals surface area contributed by atoms with E-state index in [0.29, 0.717) is 5.92 Å².